The van der Waals surface area contributed by atoms with E-state index in [1.807, 2.05) is 76.2 Å². The molecule has 8 nitrogen and oxygen atoms in total. The van der Waals surface area contributed by atoms with Crippen molar-refractivity contribution in [3.63, 3.8) is 0 Å². The molecule has 0 atom stereocenters. The lowest BCUT2D eigenvalue weighted by Crippen LogP contribution is -1.93. The molecular formula is C28H30N6O2. The van der Waals surface area contributed by atoms with Gasteiger partial charge in [0.1, 0.15) is 11.5 Å². The van der Waals surface area contributed by atoms with Crippen LogP contribution in [0.1, 0.15) is 25.0 Å². The monoisotopic (exact) mass is 482 g/mol. The van der Waals surface area contributed by atoms with Gasteiger partial charge in [0.2, 0.25) is 0 Å². The van der Waals surface area contributed by atoms with Crippen molar-refractivity contribution >= 4 is 0 Å². The van der Waals surface area contributed by atoms with Crippen LogP contribution in [-0.2, 0) is 0 Å². The second kappa shape index (κ2) is 10.9. The van der Waals surface area contributed by atoms with Gasteiger partial charge in [0.05, 0.1) is 14.2 Å². The van der Waals surface area contributed by atoms with Gasteiger partial charge >= 0.3 is 0 Å². The Hall–Kier alpha value is -4.46. The Kier molecular flexibility index (Phi) is 7.44. The van der Waals surface area contributed by atoms with Crippen LogP contribution < -0.4 is 9.47 Å². The Morgan fingerprint density at radius 3 is 1.42 bits per heavy atom. The molecule has 5 aromatic rings. The molecule has 0 unspecified atom stereocenters. The lowest BCUT2D eigenvalue weighted by Gasteiger charge is -2.08. The molecular weight excluding hydrogens is 452 g/mol. The smallest absolute Gasteiger partial charge is 0.181 e. The van der Waals surface area contributed by atoms with E-state index in [-0.39, 0.29) is 0 Å². The molecule has 5 rings (SSSR count). The Morgan fingerprint density at radius 2 is 1.03 bits per heavy atom. The van der Waals surface area contributed by atoms with Gasteiger partial charge in [-0.25, -0.2) is 9.97 Å². The van der Waals surface area contributed by atoms with E-state index in [4.69, 9.17) is 19.4 Å². The van der Waals surface area contributed by atoms with Gasteiger partial charge in [0.15, 0.2) is 23.3 Å². The van der Waals surface area contributed by atoms with E-state index in [0.717, 1.165) is 44.9 Å². The fraction of sp³-hybridized carbons (Fsp3) is 0.214. The highest BCUT2D eigenvalue weighted by Gasteiger charge is 2.16. The summed E-state index contributed by atoms with van der Waals surface area (Å²) in [6.07, 6.45) is 0. The Balaban J connectivity index is 0.00000148. The number of aromatic amines is 2. The van der Waals surface area contributed by atoms with Crippen LogP contribution in [0.5, 0.6) is 11.5 Å². The van der Waals surface area contributed by atoms with Crippen molar-refractivity contribution < 1.29 is 9.47 Å². The van der Waals surface area contributed by atoms with Crippen LogP contribution >= 0.6 is 0 Å². The predicted octanol–water partition coefficient (Wildman–Crippen LogP) is 6.25. The molecule has 2 aromatic heterocycles. The Labute approximate surface area is 210 Å². The van der Waals surface area contributed by atoms with Gasteiger partial charge in [-0.3, -0.25) is 10.2 Å². The first-order valence-electron chi connectivity index (χ1n) is 11.8. The summed E-state index contributed by atoms with van der Waals surface area (Å²) in [5, 5.41) is 15.0. The zero-order valence-electron chi connectivity index (χ0n) is 21.4. The molecule has 2 N–H and O–H groups in total. The summed E-state index contributed by atoms with van der Waals surface area (Å²) in [5.74, 6) is 4.18. The molecule has 0 saturated carbocycles. The summed E-state index contributed by atoms with van der Waals surface area (Å²) in [7, 11) is 3.29. The average molecular weight is 483 g/mol. The highest BCUT2D eigenvalue weighted by Crippen LogP contribution is 2.31. The third kappa shape index (κ3) is 4.98. The number of aromatic nitrogens is 6. The van der Waals surface area contributed by atoms with E-state index in [2.05, 4.69) is 32.5 Å². The highest BCUT2D eigenvalue weighted by atomic mass is 16.5. The molecule has 0 aliphatic carbocycles. The van der Waals surface area contributed by atoms with Crippen molar-refractivity contribution in [3.05, 3.63) is 71.8 Å². The molecule has 0 saturated heterocycles. The van der Waals surface area contributed by atoms with Crippen LogP contribution in [0.15, 0.2) is 60.7 Å². The number of nitrogens with one attached hydrogen (secondary N) is 2. The quantitative estimate of drug-likeness (QED) is 0.297. The van der Waals surface area contributed by atoms with Gasteiger partial charge in [-0.1, -0.05) is 38.1 Å². The number of H-pyrrole nitrogens is 2. The SMILES string of the molecule is CC.COc1cccc(-c2n[nH]c(-c3cc(C)c(-c4nc(-c5cccc(OC)c5)n[nH]4)cc3C)n2)c1. The van der Waals surface area contributed by atoms with Gasteiger partial charge in [-0.15, -0.1) is 0 Å². The molecule has 0 amide bonds. The Morgan fingerprint density at radius 1 is 0.611 bits per heavy atom. The molecule has 184 valence electrons. The fourth-order valence-electron chi connectivity index (χ4n) is 3.87. The summed E-state index contributed by atoms with van der Waals surface area (Å²) in [6.45, 7) is 8.09. The predicted molar refractivity (Wildman–Crippen MR) is 142 cm³/mol. The van der Waals surface area contributed by atoms with Crippen LogP contribution in [0.3, 0.4) is 0 Å². The molecule has 0 fully saturated rings. The molecule has 3 aromatic carbocycles. The van der Waals surface area contributed by atoms with Crippen molar-refractivity contribution in [1.29, 1.82) is 0 Å². The van der Waals surface area contributed by atoms with Crippen molar-refractivity contribution in [1.82, 2.24) is 30.4 Å². The van der Waals surface area contributed by atoms with Crippen molar-refractivity contribution in [2.45, 2.75) is 27.7 Å². The minimum absolute atomic E-state index is 0.619. The zero-order valence-corrected chi connectivity index (χ0v) is 21.4. The maximum Gasteiger partial charge on any atom is 0.181 e. The minimum atomic E-state index is 0.619. The summed E-state index contributed by atoms with van der Waals surface area (Å²) >= 11 is 0. The lowest BCUT2D eigenvalue weighted by atomic mass is 9.99. The first-order chi connectivity index (χ1) is 17.6. The number of hydrogen-bond acceptors (Lipinski definition) is 6. The zero-order chi connectivity index (χ0) is 25.7. The number of hydrogen-bond donors (Lipinski definition) is 2. The summed E-state index contributed by atoms with van der Waals surface area (Å²) in [4.78, 5) is 9.44. The van der Waals surface area contributed by atoms with Crippen LogP contribution in [0.2, 0.25) is 0 Å². The summed E-state index contributed by atoms with van der Waals surface area (Å²) < 4.78 is 10.6. The van der Waals surface area contributed by atoms with Crippen molar-refractivity contribution in [2.24, 2.45) is 0 Å². The first-order valence-corrected chi connectivity index (χ1v) is 11.8. The summed E-state index contributed by atoms with van der Waals surface area (Å²) in [5.41, 5.74) is 5.84. The van der Waals surface area contributed by atoms with E-state index >= 15 is 0 Å². The van der Waals surface area contributed by atoms with E-state index in [9.17, 15) is 0 Å². The van der Waals surface area contributed by atoms with Crippen LogP contribution in [0.25, 0.3) is 45.6 Å². The van der Waals surface area contributed by atoms with Crippen LogP contribution in [0, 0.1) is 13.8 Å². The molecule has 0 bridgehead atoms. The normalized spacial score (nSPS) is 10.5. The molecule has 0 aliphatic heterocycles. The molecule has 8 heteroatoms. The number of nitrogens with zero attached hydrogens (tertiary/aromatic N) is 4. The van der Waals surface area contributed by atoms with Gasteiger partial charge in [-0.2, -0.15) is 10.2 Å². The Bertz CT molecular complexity index is 1360. The molecule has 2 heterocycles. The van der Waals surface area contributed by atoms with E-state index < -0.39 is 0 Å². The number of aryl methyl sites for hydroxylation is 2. The van der Waals surface area contributed by atoms with Crippen LogP contribution in [0.4, 0.5) is 0 Å². The second-order valence-corrected chi connectivity index (χ2v) is 7.96. The minimum Gasteiger partial charge on any atom is -0.497 e. The molecule has 0 radical (unpaired) electrons. The number of ether oxygens (including phenoxy) is 2. The maximum atomic E-state index is 5.31. The van der Waals surface area contributed by atoms with E-state index in [0.29, 0.717) is 23.3 Å². The second-order valence-electron chi connectivity index (χ2n) is 7.96. The number of rotatable bonds is 6. The first kappa shape index (κ1) is 24.7. The fourth-order valence-corrected chi connectivity index (χ4v) is 3.87. The van der Waals surface area contributed by atoms with Gasteiger partial charge in [-0.05, 0) is 61.4 Å². The molecule has 36 heavy (non-hydrogen) atoms. The third-order valence-electron chi connectivity index (χ3n) is 5.71. The largest absolute Gasteiger partial charge is 0.497 e. The van der Waals surface area contributed by atoms with Gasteiger partial charge in [0.25, 0.3) is 0 Å². The highest BCUT2D eigenvalue weighted by molar-refractivity contribution is 5.72. The lowest BCUT2D eigenvalue weighted by molar-refractivity contribution is 0.415. The maximum absolute atomic E-state index is 5.31. The molecule has 0 spiro atoms. The standard InChI is InChI=1S/C26H24N6O2.C2H6/c1-15-11-22(26-28-24(30-32-26)18-8-6-10-20(14-18)34-4)16(2)12-21(15)25-27-23(29-31-25)17-7-5-9-19(13-17)33-3;1-2/h5-14H,1-4H3,(H,27,29,31)(H,28,30,32);1-2H3. The van der Waals surface area contributed by atoms with Gasteiger partial charge < -0.3 is 9.47 Å². The number of benzene rings is 3. The summed E-state index contributed by atoms with van der Waals surface area (Å²) in [6, 6.07) is 19.6. The third-order valence-corrected chi connectivity index (χ3v) is 5.71. The van der Waals surface area contributed by atoms with Gasteiger partial charge in [0, 0.05) is 22.3 Å². The van der Waals surface area contributed by atoms with Crippen LogP contribution in [-0.4, -0.2) is 44.6 Å². The van der Waals surface area contributed by atoms with E-state index in [1.165, 1.54) is 0 Å². The van der Waals surface area contributed by atoms with Crippen molar-refractivity contribution in [3.8, 4) is 57.1 Å². The number of methoxy groups -OCH3 is 2. The molecule has 0 aliphatic rings. The van der Waals surface area contributed by atoms with E-state index in [1.54, 1.807) is 14.2 Å². The van der Waals surface area contributed by atoms with Crippen molar-refractivity contribution in [2.75, 3.05) is 14.2 Å². The average Bonchev–Trinajstić information content (AvgIpc) is 3.62. The topological polar surface area (TPSA) is 102 Å².